The van der Waals surface area contributed by atoms with Crippen LogP contribution in [0.1, 0.15) is 65.5 Å². The molecule has 5 heterocycles. The number of benzene rings is 5. The van der Waals surface area contributed by atoms with E-state index in [4.69, 9.17) is 14.2 Å². The smallest absolute Gasteiger partial charge is 0.246 e. The number of aromatic amines is 1. The molecule has 0 saturated carbocycles. The number of fused-ring (bicyclic) bond motifs is 4. The average molecular weight is 1060 g/mol. The number of aromatic nitrogens is 1. The lowest BCUT2D eigenvalue weighted by Gasteiger charge is -2.43. The predicted octanol–water partition coefficient (Wildman–Crippen LogP) is 5.79. The Morgan fingerprint density at radius 3 is 2.09 bits per heavy atom. The lowest BCUT2D eigenvalue weighted by Crippen LogP contribution is -2.64. The molecule has 16 heteroatoms. The Balaban J connectivity index is 1.04. The van der Waals surface area contributed by atoms with Gasteiger partial charge in [-0.15, -0.1) is 0 Å². The van der Waals surface area contributed by atoms with Gasteiger partial charge in [-0.3, -0.25) is 28.8 Å². The number of aryl methyl sites for hydroxylation is 1. The first kappa shape index (κ1) is 53.6. The minimum absolute atomic E-state index is 0.0364. The van der Waals surface area contributed by atoms with Crippen molar-refractivity contribution in [1.29, 1.82) is 0 Å². The largest absolute Gasteiger partial charge is 0.496 e. The van der Waals surface area contributed by atoms with Gasteiger partial charge in [0.25, 0.3) is 0 Å². The van der Waals surface area contributed by atoms with Gasteiger partial charge in [0.1, 0.15) is 42.3 Å². The lowest BCUT2D eigenvalue weighted by molar-refractivity contribution is -0.157. The summed E-state index contributed by atoms with van der Waals surface area (Å²) in [4.78, 5) is 98.1. The molecule has 1 aromatic heterocycles. The van der Waals surface area contributed by atoms with Gasteiger partial charge in [0, 0.05) is 61.8 Å². The Kier molecular flexibility index (Phi) is 17.2. The number of carbonyl (C=O) groups excluding carboxylic acids is 6. The first-order valence-electron chi connectivity index (χ1n) is 27.4. The van der Waals surface area contributed by atoms with E-state index in [1.807, 2.05) is 127 Å². The molecule has 0 bridgehead atoms. The van der Waals surface area contributed by atoms with Crippen molar-refractivity contribution in [2.75, 3.05) is 40.0 Å². The fraction of sp³-hybridized carbons (Fsp3) is 0.387. The molecule has 0 radical (unpaired) electrons. The molecule has 3 saturated heterocycles. The summed E-state index contributed by atoms with van der Waals surface area (Å²) in [6.07, 6.45) is 4.32. The van der Waals surface area contributed by atoms with Gasteiger partial charge >= 0.3 is 0 Å². The molecule has 3 fully saturated rings. The number of hydrogen-bond donors (Lipinski definition) is 5. The van der Waals surface area contributed by atoms with Crippen molar-refractivity contribution in [3.05, 3.63) is 167 Å². The van der Waals surface area contributed by atoms with Gasteiger partial charge in [-0.2, -0.15) is 0 Å². The molecule has 0 aliphatic carbocycles. The molecule has 78 heavy (non-hydrogen) atoms. The van der Waals surface area contributed by atoms with Crippen LogP contribution in [-0.4, -0.2) is 120 Å². The molecule has 5 aromatic carbocycles. The SMILES string of the molecule is COc1cccc2[nH]cc(C[C@H]3NC(=O)[C@H](CCc4ccccc4)NC(=O)[C@@H]4COCCN4C(=O)[C@@H]4Cc5ccccc5CN4C(=O)[C@H](Cc4ccc(OCc5ccccc5)cc4)NC(=O)[C@H](CC4CCNCC4)CC3=O)c12. The monoisotopic (exact) mass is 1060 g/mol. The standard InChI is InChI=1S/C62H69N7O9/c1-76-56-18-10-17-49-57(56)47(36-64-49)33-51-55(70)35-46(31-42-25-27-63-28-26-42)58(71)67-52(32-41-19-22-48(23-20-41)78-38-43-13-6-3-7-14-43)61(74)69-37-45-16-9-8-15-44(45)34-53(69)62(75)68-29-30-77-39-54(68)60(73)65-50(59(72)66-51)24-21-40-11-4-2-5-12-40/h2-20,22-23,36,42,46,50-54,63-64H,21,24-35,37-39H2,1H3,(H,65,73)(H,66,72)(H,67,71)/t46-,50+,51-,52+,53+,54+/m1/s1. The van der Waals surface area contributed by atoms with Crippen LogP contribution in [-0.2, 0) is 72.3 Å². The Hall–Kier alpha value is -7.82. The number of ether oxygens (including phenoxy) is 3. The summed E-state index contributed by atoms with van der Waals surface area (Å²) in [5.74, 6) is -2.55. The van der Waals surface area contributed by atoms with Crippen LogP contribution in [0.3, 0.4) is 0 Å². The van der Waals surface area contributed by atoms with Gasteiger partial charge in [-0.25, -0.2) is 0 Å². The van der Waals surface area contributed by atoms with Crippen LogP contribution in [0.15, 0.2) is 134 Å². The lowest BCUT2D eigenvalue weighted by atomic mass is 9.83. The van der Waals surface area contributed by atoms with Crippen LogP contribution in [0, 0.1) is 11.8 Å². The van der Waals surface area contributed by atoms with Crippen LogP contribution < -0.4 is 30.7 Å². The maximum absolute atomic E-state index is 15.7. The Bertz CT molecular complexity index is 3070. The molecule has 10 rings (SSSR count). The van der Waals surface area contributed by atoms with Gasteiger partial charge in [0.05, 0.1) is 26.4 Å². The van der Waals surface area contributed by atoms with E-state index in [1.165, 1.54) is 4.90 Å². The molecule has 0 spiro atoms. The number of ketones is 1. The third-order valence-electron chi connectivity index (χ3n) is 15.9. The highest BCUT2D eigenvalue weighted by atomic mass is 16.5. The number of morpholine rings is 1. The average Bonchev–Trinajstić information content (AvgIpc) is 4.01. The molecule has 4 aliphatic rings. The van der Waals surface area contributed by atoms with Crippen molar-refractivity contribution >= 4 is 46.2 Å². The molecular formula is C62H69N7O9. The van der Waals surface area contributed by atoms with Crippen LogP contribution in [0.5, 0.6) is 11.5 Å². The molecule has 6 atom stereocenters. The summed E-state index contributed by atoms with van der Waals surface area (Å²) in [7, 11) is 1.57. The normalized spacial score (nSPS) is 23.0. The number of Topliss-reactive ketones (excluding diaryl/α,β-unsaturated/α-hetero) is 1. The van der Waals surface area contributed by atoms with E-state index in [-0.39, 0.29) is 70.1 Å². The number of amides is 5. The third kappa shape index (κ3) is 12.8. The molecule has 0 unspecified atom stereocenters. The van der Waals surface area contributed by atoms with Crippen LogP contribution >= 0.6 is 0 Å². The minimum atomic E-state index is -1.18. The number of rotatable bonds is 13. The second-order valence-electron chi connectivity index (χ2n) is 21.1. The molecule has 5 amide bonds. The van der Waals surface area contributed by atoms with Crippen LogP contribution in [0.4, 0.5) is 0 Å². The number of methoxy groups -OCH3 is 1. The number of hydrogen-bond acceptors (Lipinski definition) is 10. The first-order valence-corrected chi connectivity index (χ1v) is 27.4. The highest BCUT2D eigenvalue weighted by Crippen LogP contribution is 2.32. The summed E-state index contributed by atoms with van der Waals surface area (Å²) < 4.78 is 17.8. The summed E-state index contributed by atoms with van der Waals surface area (Å²) in [6.45, 7) is 2.01. The van der Waals surface area contributed by atoms with Crippen molar-refractivity contribution in [3.8, 4) is 11.5 Å². The second kappa shape index (κ2) is 25.1. The first-order chi connectivity index (χ1) is 38.1. The molecule has 4 aliphatic heterocycles. The Morgan fingerprint density at radius 2 is 1.33 bits per heavy atom. The Morgan fingerprint density at radius 1 is 0.628 bits per heavy atom. The highest BCUT2D eigenvalue weighted by Gasteiger charge is 2.45. The quantitative estimate of drug-likeness (QED) is 0.0944. The maximum Gasteiger partial charge on any atom is 0.246 e. The number of carbonyl (C=O) groups is 6. The van der Waals surface area contributed by atoms with Crippen molar-refractivity contribution in [1.82, 2.24) is 36.1 Å². The molecule has 6 aromatic rings. The van der Waals surface area contributed by atoms with Crippen LogP contribution in [0.2, 0.25) is 0 Å². The van der Waals surface area contributed by atoms with E-state index in [0.717, 1.165) is 64.7 Å². The fourth-order valence-electron chi connectivity index (χ4n) is 11.6. The summed E-state index contributed by atoms with van der Waals surface area (Å²) in [5, 5.41) is 13.4. The van der Waals surface area contributed by atoms with E-state index >= 15 is 24.0 Å². The van der Waals surface area contributed by atoms with E-state index in [2.05, 4.69) is 26.3 Å². The second-order valence-corrected chi connectivity index (χ2v) is 21.1. The number of nitrogens with one attached hydrogen (secondary N) is 5. The summed E-state index contributed by atoms with van der Waals surface area (Å²) in [5.41, 5.74) is 5.92. The third-order valence-corrected chi connectivity index (χ3v) is 15.9. The zero-order valence-electron chi connectivity index (χ0n) is 44.1. The van der Waals surface area contributed by atoms with Crippen molar-refractivity contribution in [3.63, 3.8) is 0 Å². The van der Waals surface area contributed by atoms with E-state index in [0.29, 0.717) is 36.5 Å². The van der Waals surface area contributed by atoms with Gasteiger partial charge < -0.3 is 50.3 Å². The minimum Gasteiger partial charge on any atom is -0.496 e. The number of nitrogens with zero attached hydrogens (tertiary/aromatic N) is 2. The predicted molar refractivity (Wildman–Crippen MR) is 294 cm³/mol. The van der Waals surface area contributed by atoms with Crippen LogP contribution in [0.25, 0.3) is 10.9 Å². The fourth-order valence-corrected chi connectivity index (χ4v) is 11.6. The zero-order chi connectivity index (χ0) is 54.0. The molecule has 406 valence electrons. The number of piperidine rings is 1. The summed E-state index contributed by atoms with van der Waals surface area (Å²) >= 11 is 0. The van der Waals surface area contributed by atoms with Gasteiger partial charge in [-0.1, -0.05) is 103 Å². The van der Waals surface area contributed by atoms with Gasteiger partial charge in [0.15, 0.2) is 5.78 Å². The summed E-state index contributed by atoms with van der Waals surface area (Å²) in [6, 6.07) is 34.4. The highest BCUT2D eigenvalue weighted by molar-refractivity contribution is 5.99. The topological polar surface area (TPSA) is 200 Å². The molecule has 16 nitrogen and oxygen atoms in total. The van der Waals surface area contributed by atoms with Crippen molar-refractivity contribution in [2.24, 2.45) is 11.8 Å². The van der Waals surface area contributed by atoms with Gasteiger partial charge in [0.2, 0.25) is 29.5 Å². The van der Waals surface area contributed by atoms with E-state index < -0.39 is 65.7 Å². The van der Waals surface area contributed by atoms with Crippen molar-refractivity contribution < 1.29 is 43.0 Å². The van der Waals surface area contributed by atoms with E-state index in [9.17, 15) is 4.79 Å². The number of H-pyrrole nitrogens is 1. The zero-order valence-corrected chi connectivity index (χ0v) is 44.1. The van der Waals surface area contributed by atoms with E-state index in [1.54, 1.807) is 18.2 Å². The molecule has 5 N–H and O–H groups in total. The Labute approximate surface area is 455 Å². The van der Waals surface area contributed by atoms with Crippen molar-refractivity contribution in [2.45, 2.75) is 101 Å². The molecular weight excluding hydrogens is 987 g/mol. The maximum atomic E-state index is 15.7. The van der Waals surface area contributed by atoms with Gasteiger partial charge in [-0.05, 0) is 109 Å².